The second kappa shape index (κ2) is 7.39. The number of benzene rings is 1. The first-order valence-corrected chi connectivity index (χ1v) is 9.32. The number of nitrogens with zero attached hydrogens (tertiary/aromatic N) is 5. The zero-order chi connectivity index (χ0) is 19.7. The average Bonchev–Trinajstić information content (AvgIpc) is 3.30. The zero-order valence-electron chi connectivity index (χ0n) is 15.6. The molecule has 142 valence electrons. The Labute approximate surface area is 162 Å². The molecule has 4 rings (SSSR count). The van der Waals surface area contributed by atoms with Gasteiger partial charge in [0.2, 0.25) is 0 Å². The van der Waals surface area contributed by atoms with Crippen molar-refractivity contribution in [2.75, 3.05) is 0 Å². The Morgan fingerprint density at radius 1 is 1.43 bits per heavy atom. The second-order valence-electron chi connectivity index (χ2n) is 7.18. The molecule has 2 heterocycles. The van der Waals surface area contributed by atoms with Crippen LogP contribution in [0.2, 0.25) is 0 Å². The Kier molecular flexibility index (Phi) is 4.78. The van der Waals surface area contributed by atoms with Crippen LogP contribution >= 0.6 is 0 Å². The highest BCUT2D eigenvalue weighted by Gasteiger charge is 2.29. The van der Waals surface area contributed by atoms with Crippen molar-refractivity contribution in [3.05, 3.63) is 47.6 Å². The molecule has 1 fully saturated rings. The highest BCUT2D eigenvalue weighted by atomic mass is 19.1. The van der Waals surface area contributed by atoms with Crippen molar-refractivity contribution in [2.24, 2.45) is 10.7 Å². The summed E-state index contributed by atoms with van der Waals surface area (Å²) in [7, 11) is 0. The number of aliphatic imine (C=N–C) groups is 1. The minimum Gasteiger partial charge on any atom is -0.404 e. The Morgan fingerprint density at radius 2 is 2.29 bits per heavy atom. The molecule has 7 heteroatoms. The van der Waals surface area contributed by atoms with Crippen LogP contribution in [0, 0.1) is 11.3 Å². The molecule has 0 aliphatic heterocycles. The first kappa shape index (κ1) is 18.1. The maximum atomic E-state index is 14.0. The number of fused-ring (bicyclic) bond motifs is 3. The number of halogens is 1. The third kappa shape index (κ3) is 3.22. The Balaban J connectivity index is 1.92. The van der Waals surface area contributed by atoms with E-state index in [0.29, 0.717) is 24.9 Å². The number of pyridine rings is 1. The lowest BCUT2D eigenvalue weighted by Gasteiger charge is -2.16. The van der Waals surface area contributed by atoms with E-state index in [9.17, 15) is 9.65 Å². The van der Waals surface area contributed by atoms with Crippen molar-refractivity contribution in [1.29, 1.82) is 5.26 Å². The maximum Gasteiger partial charge on any atom is 0.131 e. The van der Waals surface area contributed by atoms with Gasteiger partial charge in [-0.2, -0.15) is 5.26 Å². The molecular formula is C21H21FN6. The molecule has 28 heavy (non-hydrogen) atoms. The highest BCUT2D eigenvalue weighted by Crippen LogP contribution is 2.37. The number of imidazole rings is 1. The topological polar surface area (TPSA) is 92.9 Å². The molecular weight excluding hydrogens is 355 g/mol. The summed E-state index contributed by atoms with van der Waals surface area (Å²) < 4.78 is 16.1. The van der Waals surface area contributed by atoms with Crippen molar-refractivity contribution in [3.63, 3.8) is 0 Å². The Morgan fingerprint density at radius 3 is 3.00 bits per heavy atom. The van der Waals surface area contributed by atoms with Crippen LogP contribution in [-0.4, -0.2) is 26.9 Å². The lowest BCUT2D eigenvalue weighted by molar-refractivity contribution is 0.330. The van der Waals surface area contributed by atoms with Gasteiger partial charge in [0.05, 0.1) is 35.4 Å². The minimum absolute atomic E-state index is 0.0210. The van der Waals surface area contributed by atoms with Crippen LogP contribution < -0.4 is 5.73 Å². The predicted octanol–water partition coefficient (Wildman–Crippen LogP) is 3.95. The fourth-order valence-electron chi connectivity index (χ4n) is 3.85. The standard InChI is InChI=1S/C21H21FN6/c1-13(8-23)10-25-12-20-27-19-11-26-18-5-2-14(9-24)6-17(18)21(19)28(20)16-4-3-15(22)7-16/h2,5-6,8,10-11,15-16H,3-4,7,12,23H2,1H3. The SMILES string of the molecule is CC(C=NCc1nc2cnc3ccc(C#N)cc3c2n1C1CCC(F)C1)=CN. The van der Waals surface area contributed by atoms with E-state index in [2.05, 4.69) is 20.6 Å². The molecule has 1 aromatic carbocycles. The zero-order valence-corrected chi connectivity index (χ0v) is 15.6. The number of aromatic nitrogens is 3. The van der Waals surface area contributed by atoms with Gasteiger partial charge >= 0.3 is 0 Å². The van der Waals surface area contributed by atoms with E-state index in [1.54, 1.807) is 18.5 Å². The highest BCUT2D eigenvalue weighted by molar-refractivity contribution is 6.02. The third-order valence-corrected chi connectivity index (χ3v) is 5.21. The molecule has 0 spiro atoms. The van der Waals surface area contributed by atoms with Crippen LogP contribution in [0.1, 0.15) is 43.6 Å². The van der Waals surface area contributed by atoms with Crippen molar-refractivity contribution in [3.8, 4) is 6.07 Å². The average molecular weight is 376 g/mol. The van der Waals surface area contributed by atoms with E-state index < -0.39 is 6.17 Å². The van der Waals surface area contributed by atoms with Gasteiger partial charge in [-0.15, -0.1) is 0 Å². The Bertz CT molecular complexity index is 1140. The molecule has 0 radical (unpaired) electrons. The van der Waals surface area contributed by atoms with Crippen LogP contribution in [0.3, 0.4) is 0 Å². The lowest BCUT2D eigenvalue weighted by atomic mass is 10.1. The Hall–Kier alpha value is -3.27. The van der Waals surface area contributed by atoms with E-state index in [1.807, 2.05) is 19.1 Å². The predicted molar refractivity (Wildman–Crippen MR) is 108 cm³/mol. The number of hydrogen-bond acceptors (Lipinski definition) is 5. The molecule has 6 nitrogen and oxygen atoms in total. The molecule has 2 unspecified atom stereocenters. The molecule has 0 amide bonds. The number of allylic oxidation sites excluding steroid dienone is 1. The van der Waals surface area contributed by atoms with Crippen LogP contribution in [-0.2, 0) is 6.54 Å². The molecule has 1 aliphatic carbocycles. The van der Waals surface area contributed by atoms with Gasteiger partial charge in [-0.1, -0.05) is 0 Å². The van der Waals surface area contributed by atoms with Gasteiger partial charge in [0.25, 0.3) is 0 Å². The number of nitrogens with two attached hydrogens (primary N) is 1. The molecule has 0 bridgehead atoms. The normalized spacial score (nSPS) is 20.4. The molecule has 0 saturated heterocycles. The quantitative estimate of drug-likeness (QED) is 0.698. The van der Waals surface area contributed by atoms with Gasteiger partial charge < -0.3 is 10.3 Å². The minimum atomic E-state index is -0.802. The van der Waals surface area contributed by atoms with Crippen molar-refractivity contribution in [2.45, 2.75) is 44.9 Å². The lowest BCUT2D eigenvalue weighted by Crippen LogP contribution is -2.10. The number of nitriles is 1. The summed E-state index contributed by atoms with van der Waals surface area (Å²) in [6, 6.07) is 7.62. The number of hydrogen-bond donors (Lipinski definition) is 1. The summed E-state index contributed by atoms with van der Waals surface area (Å²) in [4.78, 5) is 13.7. The van der Waals surface area contributed by atoms with Crippen LogP contribution in [0.15, 0.2) is 41.2 Å². The second-order valence-corrected chi connectivity index (χ2v) is 7.18. The monoisotopic (exact) mass is 376 g/mol. The largest absolute Gasteiger partial charge is 0.404 e. The van der Waals surface area contributed by atoms with E-state index in [0.717, 1.165) is 39.8 Å². The fraction of sp³-hybridized carbons (Fsp3) is 0.333. The van der Waals surface area contributed by atoms with Gasteiger partial charge in [-0.3, -0.25) is 9.98 Å². The van der Waals surface area contributed by atoms with Crippen LogP contribution in [0.25, 0.3) is 21.9 Å². The van der Waals surface area contributed by atoms with E-state index >= 15 is 0 Å². The number of rotatable bonds is 4. The van der Waals surface area contributed by atoms with Gasteiger partial charge in [-0.25, -0.2) is 9.37 Å². The number of alkyl halides is 1. The van der Waals surface area contributed by atoms with Crippen molar-refractivity contribution in [1.82, 2.24) is 14.5 Å². The molecule has 2 aromatic heterocycles. The van der Waals surface area contributed by atoms with E-state index in [-0.39, 0.29) is 6.04 Å². The molecule has 1 saturated carbocycles. The fourth-order valence-corrected chi connectivity index (χ4v) is 3.85. The summed E-state index contributed by atoms with van der Waals surface area (Å²) >= 11 is 0. The smallest absolute Gasteiger partial charge is 0.131 e. The first-order chi connectivity index (χ1) is 13.6. The van der Waals surface area contributed by atoms with Gasteiger partial charge in [0.15, 0.2) is 0 Å². The van der Waals surface area contributed by atoms with Crippen LogP contribution in [0.5, 0.6) is 0 Å². The summed E-state index contributed by atoms with van der Waals surface area (Å²) in [5, 5.41) is 10.2. The van der Waals surface area contributed by atoms with Crippen LogP contribution in [0.4, 0.5) is 4.39 Å². The summed E-state index contributed by atoms with van der Waals surface area (Å²) in [5.74, 6) is 0.770. The van der Waals surface area contributed by atoms with Crippen molar-refractivity contribution >= 4 is 28.2 Å². The van der Waals surface area contributed by atoms with E-state index in [1.165, 1.54) is 6.20 Å². The van der Waals surface area contributed by atoms with Gasteiger partial charge in [0.1, 0.15) is 17.5 Å². The summed E-state index contributed by atoms with van der Waals surface area (Å²) in [6.45, 7) is 2.24. The molecule has 2 atom stereocenters. The summed E-state index contributed by atoms with van der Waals surface area (Å²) in [6.07, 6.45) is 5.91. The van der Waals surface area contributed by atoms with E-state index in [4.69, 9.17) is 10.7 Å². The van der Waals surface area contributed by atoms with Gasteiger partial charge in [0, 0.05) is 17.6 Å². The van der Waals surface area contributed by atoms with Gasteiger partial charge in [-0.05, 0) is 56.2 Å². The maximum absolute atomic E-state index is 14.0. The molecule has 2 N–H and O–H groups in total. The summed E-state index contributed by atoms with van der Waals surface area (Å²) in [5.41, 5.74) is 9.35. The first-order valence-electron chi connectivity index (χ1n) is 9.32. The van der Waals surface area contributed by atoms with Crippen molar-refractivity contribution < 1.29 is 4.39 Å². The molecule has 1 aliphatic rings. The third-order valence-electron chi connectivity index (χ3n) is 5.21. The molecule has 3 aromatic rings.